The monoisotopic (exact) mass is 276 g/mol. The summed E-state index contributed by atoms with van der Waals surface area (Å²) in [7, 11) is 0. The number of aromatic nitrogens is 2. The molecule has 0 amide bonds. The minimum absolute atomic E-state index is 0. The SMILES string of the molecule is CC(C)c1nc(NC[C@@H]2CCNC[C@H]2O)no1.Cl. The van der Waals surface area contributed by atoms with E-state index in [0.717, 1.165) is 13.0 Å². The summed E-state index contributed by atoms with van der Waals surface area (Å²) in [5.41, 5.74) is 0. The highest BCUT2D eigenvalue weighted by atomic mass is 35.5. The van der Waals surface area contributed by atoms with Crippen molar-refractivity contribution in [2.24, 2.45) is 5.92 Å². The summed E-state index contributed by atoms with van der Waals surface area (Å²) in [5.74, 6) is 1.64. The first-order chi connectivity index (χ1) is 8.16. The van der Waals surface area contributed by atoms with Gasteiger partial charge in [0.25, 0.3) is 5.95 Å². The van der Waals surface area contributed by atoms with Gasteiger partial charge in [0.05, 0.1) is 6.10 Å². The Kier molecular flexibility index (Phi) is 5.84. The predicted octanol–water partition coefficient (Wildman–Crippen LogP) is 0.997. The molecule has 1 aliphatic heterocycles. The van der Waals surface area contributed by atoms with Crippen LogP contribution in [0.3, 0.4) is 0 Å². The lowest BCUT2D eigenvalue weighted by atomic mass is 9.95. The molecule has 1 saturated heterocycles. The molecule has 0 saturated carbocycles. The molecule has 1 aromatic rings. The van der Waals surface area contributed by atoms with Gasteiger partial charge in [-0.15, -0.1) is 12.4 Å². The number of rotatable bonds is 4. The van der Waals surface area contributed by atoms with Crippen molar-refractivity contribution in [3.8, 4) is 0 Å². The van der Waals surface area contributed by atoms with Gasteiger partial charge in [0.1, 0.15) is 0 Å². The van der Waals surface area contributed by atoms with Gasteiger partial charge in [-0.3, -0.25) is 0 Å². The summed E-state index contributed by atoms with van der Waals surface area (Å²) in [6, 6.07) is 0. The van der Waals surface area contributed by atoms with Gasteiger partial charge in [0.2, 0.25) is 5.89 Å². The zero-order chi connectivity index (χ0) is 12.3. The van der Waals surface area contributed by atoms with Crippen molar-refractivity contribution in [1.82, 2.24) is 15.5 Å². The third-order valence-corrected chi connectivity index (χ3v) is 3.05. The van der Waals surface area contributed by atoms with E-state index in [-0.39, 0.29) is 30.3 Å². The summed E-state index contributed by atoms with van der Waals surface area (Å²) in [6.45, 7) is 6.31. The Hall–Kier alpha value is -0.850. The Morgan fingerprint density at radius 3 is 2.94 bits per heavy atom. The maximum Gasteiger partial charge on any atom is 0.263 e. The Morgan fingerprint density at radius 1 is 1.56 bits per heavy atom. The molecule has 0 unspecified atom stereocenters. The van der Waals surface area contributed by atoms with Gasteiger partial charge in [0.15, 0.2) is 0 Å². The third-order valence-electron chi connectivity index (χ3n) is 3.05. The van der Waals surface area contributed by atoms with E-state index < -0.39 is 0 Å². The Bertz CT molecular complexity index is 359. The van der Waals surface area contributed by atoms with Crippen LogP contribution in [0.1, 0.15) is 32.1 Å². The van der Waals surface area contributed by atoms with Crippen molar-refractivity contribution in [2.45, 2.75) is 32.3 Å². The number of halogens is 1. The number of aliphatic hydroxyl groups is 1. The fourth-order valence-corrected chi connectivity index (χ4v) is 1.90. The second-order valence-electron chi connectivity index (χ2n) is 4.81. The van der Waals surface area contributed by atoms with Gasteiger partial charge in [-0.25, -0.2) is 0 Å². The minimum Gasteiger partial charge on any atom is -0.391 e. The van der Waals surface area contributed by atoms with Crippen LogP contribution < -0.4 is 10.6 Å². The van der Waals surface area contributed by atoms with Crippen LogP contribution in [0.25, 0.3) is 0 Å². The van der Waals surface area contributed by atoms with E-state index in [1.165, 1.54) is 0 Å². The highest BCUT2D eigenvalue weighted by molar-refractivity contribution is 5.85. The molecule has 2 atom stereocenters. The maximum absolute atomic E-state index is 9.77. The number of piperidine rings is 1. The molecule has 0 bridgehead atoms. The van der Waals surface area contributed by atoms with Crippen molar-refractivity contribution in [3.05, 3.63) is 5.89 Å². The number of hydrogen-bond donors (Lipinski definition) is 3. The van der Waals surface area contributed by atoms with Gasteiger partial charge in [-0.2, -0.15) is 4.98 Å². The molecule has 2 rings (SSSR count). The largest absolute Gasteiger partial charge is 0.391 e. The molecule has 7 heteroatoms. The molecule has 0 spiro atoms. The minimum atomic E-state index is -0.298. The quantitative estimate of drug-likeness (QED) is 0.761. The summed E-state index contributed by atoms with van der Waals surface area (Å²) in [6.07, 6.45) is 0.663. The average Bonchev–Trinajstić information content (AvgIpc) is 2.77. The zero-order valence-electron chi connectivity index (χ0n) is 10.7. The highest BCUT2D eigenvalue weighted by Crippen LogP contribution is 2.15. The fraction of sp³-hybridized carbons (Fsp3) is 0.818. The lowest BCUT2D eigenvalue weighted by Gasteiger charge is -2.28. The topological polar surface area (TPSA) is 83.2 Å². The molecule has 2 heterocycles. The smallest absolute Gasteiger partial charge is 0.263 e. The van der Waals surface area contributed by atoms with Crippen molar-refractivity contribution >= 4 is 18.4 Å². The molecule has 0 aromatic carbocycles. The first kappa shape index (κ1) is 15.2. The van der Waals surface area contributed by atoms with E-state index in [2.05, 4.69) is 20.8 Å². The average molecular weight is 277 g/mol. The van der Waals surface area contributed by atoms with Crippen molar-refractivity contribution in [3.63, 3.8) is 0 Å². The van der Waals surface area contributed by atoms with Gasteiger partial charge in [0, 0.05) is 24.9 Å². The second kappa shape index (κ2) is 6.92. The van der Waals surface area contributed by atoms with Gasteiger partial charge in [-0.1, -0.05) is 13.8 Å². The zero-order valence-corrected chi connectivity index (χ0v) is 11.5. The molecule has 18 heavy (non-hydrogen) atoms. The normalized spacial score (nSPS) is 23.8. The van der Waals surface area contributed by atoms with E-state index in [0.29, 0.717) is 24.9 Å². The number of nitrogens with one attached hydrogen (secondary N) is 2. The number of hydrogen-bond acceptors (Lipinski definition) is 6. The Morgan fingerprint density at radius 2 is 2.33 bits per heavy atom. The summed E-state index contributed by atoms with van der Waals surface area (Å²) < 4.78 is 5.09. The van der Waals surface area contributed by atoms with E-state index in [1.54, 1.807) is 0 Å². The molecule has 3 N–H and O–H groups in total. The standard InChI is InChI=1S/C11H20N4O2.ClH/c1-7(2)10-14-11(15-17-10)13-5-8-3-4-12-6-9(8)16;/h7-9,12,16H,3-6H2,1-2H3,(H,13,15);1H/t8-,9+;/m0./s1. The van der Waals surface area contributed by atoms with Crippen molar-refractivity contribution in [2.75, 3.05) is 25.0 Å². The maximum atomic E-state index is 9.77. The van der Waals surface area contributed by atoms with E-state index >= 15 is 0 Å². The first-order valence-electron chi connectivity index (χ1n) is 6.13. The molecule has 1 fully saturated rings. The molecule has 0 radical (unpaired) electrons. The van der Waals surface area contributed by atoms with Crippen LogP contribution in [0, 0.1) is 5.92 Å². The van der Waals surface area contributed by atoms with Gasteiger partial charge >= 0.3 is 0 Å². The number of β-amino-alcohol motifs (C(OH)–C–C–N with tert-alkyl or cyclic N) is 1. The third kappa shape index (κ3) is 3.83. The Labute approximate surface area is 113 Å². The van der Waals surface area contributed by atoms with Crippen LogP contribution in [0.2, 0.25) is 0 Å². The van der Waals surface area contributed by atoms with Crippen LogP contribution in [0.4, 0.5) is 5.95 Å². The first-order valence-corrected chi connectivity index (χ1v) is 6.13. The lowest BCUT2D eigenvalue weighted by molar-refractivity contribution is 0.0883. The van der Waals surface area contributed by atoms with Crippen LogP contribution in [-0.2, 0) is 0 Å². The summed E-state index contributed by atoms with van der Waals surface area (Å²) >= 11 is 0. The molecule has 104 valence electrons. The molecule has 1 aliphatic rings. The number of anilines is 1. The number of aliphatic hydroxyl groups excluding tert-OH is 1. The van der Waals surface area contributed by atoms with Crippen LogP contribution in [0.5, 0.6) is 0 Å². The van der Waals surface area contributed by atoms with Crippen molar-refractivity contribution in [1.29, 1.82) is 0 Å². The molecule has 0 aliphatic carbocycles. The molecule has 1 aromatic heterocycles. The molecular weight excluding hydrogens is 256 g/mol. The predicted molar refractivity (Wildman–Crippen MR) is 71.1 cm³/mol. The van der Waals surface area contributed by atoms with Crippen LogP contribution in [0.15, 0.2) is 4.52 Å². The van der Waals surface area contributed by atoms with E-state index in [1.807, 2.05) is 13.8 Å². The second-order valence-corrected chi connectivity index (χ2v) is 4.81. The van der Waals surface area contributed by atoms with Crippen molar-refractivity contribution < 1.29 is 9.63 Å². The highest BCUT2D eigenvalue weighted by Gasteiger charge is 2.23. The van der Waals surface area contributed by atoms with Crippen LogP contribution >= 0.6 is 12.4 Å². The van der Waals surface area contributed by atoms with Gasteiger partial charge in [-0.05, 0) is 18.1 Å². The lowest BCUT2D eigenvalue weighted by Crippen LogP contribution is -2.43. The Balaban J connectivity index is 0.00000162. The van der Waals surface area contributed by atoms with E-state index in [4.69, 9.17) is 4.52 Å². The number of nitrogens with zero attached hydrogens (tertiary/aromatic N) is 2. The summed E-state index contributed by atoms with van der Waals surface area (Å²) in [4.78, 5) is 4.23. The van der Waals surface area contributed by atoms with E-state index in [9.17, 15) is 5.11 Å². The molecule has 6 nitrogen and oxygen atoms in total. The van der Waals surface area contributed by atoms with Crippen LogP contribution in [-0.4, -0.2) is 41.0 Å². The molecular formula is C11H21ClN4O2. The summed E-state index contributed by atoms with van der Waals surface area (Å²) in [5, 5.41) is 19.9. The van der Waals surface area contributed by atoms with Gasteiger partial charge < -0.3 is 20.3 Å². The fourth-order valence-electron chi connectivity index (χ4n) is 1.90.